The van der Waals surface area contributed by atoms with Gasteiger partial charge in [0.2, 0.25) is 0 Å². The third kappa shape index (κ3) is 6.75. The Morgan fingerprint density at radius 1 is 1.30 bits per heavy atom. The van der Waals surface area contributed by atoms with Crippen molar-refractivity contribution in [3.05, 3.63) is 29.0 Å². The molecule has 0 aliphatic carbocycles. The molecule has 1 unspecified atom stereocenters. The van der Waals surface area contributed by atoms with Gasteiger partial charge in [0.1, 0.15) is 5.15 Å². The number of nitrogens with one attached hydrogen (secondary N) is 2. The van der Waals surface area contributed by atoms with Gasteiger partial charge in [-0.15, -0.1) is 0 Å². The topological polar surface area (TPSA) is 49.3 Å². The first-order valence-electron chi connectivity index (χ1n) is 7.09. The molecule has 0 fully saturated rings. The van der Waals surface area contributed by atoms with Crippen molar-refractivity contribution in [3.63, 3.8) is 0 Å². The Hall–Kier alpha value is -1.29. The number of aromatic nitrogens is 1. The summed E-state index contributed by atoms with van der Waals surface area (Å²) in [6.07, 6.45) is 4.12. The van der Waals surface area contributed by atoms with Gasteiger partial charge in [0.05, 0.1) is 0 Å². The maximum atomic E-state index is 5.76. The molecule has 0 aliphatic rings. The molecule has 0 radical (unpaired) electrons. The Labute approximate surface area is 127 Å². The van der Waals surface area contributed by atoms with Crippen LogP contribution < -0.4 is 10.6 Å². The van der Waals surface area contributed by atoms with Gasteiger partial charge in [0.25, 0.3) is 0 Å². The summed E-state index contributed by atoms with van der Waals surface area (Å²) in [5.41, 5.74) is 1.08. The lowest BCUT2D eigenvalue weighted by atomic mass is 10.0. The Morgan fingerprint density at radius 2 is 2.05 bits per heavy atom. The lowest BCUT2D eigenvalue weighted by Crippen LogP contribution is -2.41. The van der Waals surface area contributed by atoms with E-state index in [2.05, 4.69) is 41.4 Å². The summed E-state index contributed by atoms with van der Waals surface area (Å²) >= 11 is 5.76. The summed E-state index contributed by atoms with van der Waals surface area (Å²) in [6, 6.07) is 4.16. The molecule has 2 N–H and O–H groups in total. The monoisotopic (exact) mass is 296 g/mol. The first-order valence-corrected chi connectivity index (χ1v) is 7.46. The number of halogens is 1. The second-order valence-electron chi connectivity index (χ2n) is 5.43. The fourth-order valence-electron chi connectivity index (χ4n) is 1.78. The van der Waals surface area contributed by atoms with Gasteiger partial charge in [-0.2, -0.15) is 0 Å². The summed E-state index contributed by atoms with van der Waals surface area (Å²) in [6.45, 7) is 7.35. The van der Waals surface area contributed by atoms with Crippen molar-refractivity contribution in [3.8, 4) is 0 Å². The highest BCUT2D eigenvalue weighted by atomic mass is 35.5. The molecule has 0 spiro atoms. The van der Waals surface area contributed by atoms with E-state index in [0.29, 0.717) is 17.7 Å². The van der Waals surface area contributed by atoms with E-state index in [9.17, 15) is 0 Å². The van der Waals surface area contributed by atoms with Crippen molar-refractivity contribution >= 4 is 17.6 Å². The maximum Gasteiger partial charge on any atom is 0.191 e. The van der Waals surface area contributed by atoms with Crippen LogP contribution in [0.3, 0.4) is 0 Å². The number of aliphatic imine (C=N–C) groups is 1. The molecular weight excluding hydrogens is 272 g/mol. The fraction of sp³-hybridized carbons (Fsp3) is 0.600. The molecule has 1 aromatic heterocycles. The molecule has 0 aromatic carbocycles. The quantitative estimate of drug-likeness (QED) is 0.481. The zero-order valence-electron chi connectivity index (χ0n) is 12.8. The molecule has 4 nitrogen and oxygen atoms in total. The normalized spacial score (nSPS) is 13.4. The molecule has 1 aromatic rings. The Morgan fingerprint density at radius 3 is 2.60 bits per heavy atom. The highest BCUT2D eigenvalue weighted by Gasteiger charge is 2.06. The van der Waals surface area contributed by atoms with Gasteiger partial charge in [-0.25, -0.2) is 4.98 Å². The minimum absolute atomic E-state index is 0.409. The minimum atomic E-state index is 0.409. The summed E-state index contributed by atoms with van der Waals surface area (Å²) < 4.78 is 0. The van der Waals surface area contributed by atoms with Crippen molar-refractivity contribution in [2.75, 3.05) is 7.05 Å². The van der Waals surface area contributed by atoms with E-state index in [-0.39, 0.29) is 0 Å². The summed E-state index contributed by atoms with van der Waals surface area (Å²) in [5.74, 6) is 1.55. The van der Waals surface area contributed by atoms with Gasteiger partial charge in [-0.3, -0.25) is 4.99 Å². The molecule has 1 rings (SSSR count). The van der Waals surface area contributed by atoms with Crippen LogP contribution in [0.1, 0.15) is 39.2 Å². The van der Waals surface area contributed by atoms with Gasteiger partial charge in [-0.05, 0) is 37.3 Å². The lowest BCUT2D eigenvalue weighted by molar-refractivity contribution is 0.489. The number of hydrogen-bond donors (Lipinski definition) is 2. The molecule has 0 aliphatic heterocycles. The Balaban J connectivity index is 2.38. The molecule has 5 heteroatoms. The maximum absolute atomic E-state index is 5.76. The largest absolute Gasteiger partial charge is 0.354 e. The van der Waals surface area contributed by atoms with Crippen LogP contribution in [0.5, 0.6) is 0 Å². The van der Waals surface area contributed by atoms with Crippen molar-refractivity contribution in [2.45, 2.75) is 46.2 Å². The van der Waals surface area contributed by atoms with Crippen LogP contribution in [-0.2, 0) is 6.54 Å². The van der Waals surface area contributed by atoms with E-state index >= 15 is 0 Å². The van der Waals surface area contributed by atoms with Crippen LogP contribution in [0.2, 0.25) is 5.15 Å². The van der Waals surface area contributed by atoms with Crippen molar-refractivity contribution < 1.29 is 0 Å². The Bertz CT molecular complexity index is 414. The summed E-state index contributed by atoms with van der Waals surface area (Å²) in [5, 5.41) is 7.19. The second-order valence-corrected chi connectivity index (χ2v) is 5.82. The number of rotatable bonds is 6. The highest BCUT2D eigenvalue weighted by molar-refractivity contribution is 6.29. The van der Waals surface area contributed by atoms with Crippen molar-refractivity contribution in [1.82, 2.24) is 15.6 Å². The van der Waals surface area contributed by atoms with Crippen LogP contribution in [0, 0.1) is 5.92 Å². The van der Waals surface area contributed by atoms with E-state index < -0.39 is 0 Å². The zero-order valence-corrected chi connectivity index (χ0v) is 13.5. The highest BCUT2D eigenvalue weighted by Crippen LogP contribution is 2.07. The predicted octanol–water partition coefficient (Wildman–Crippen LogP) is 3.22. The second kappa shape index (κ2) is 8.80. The van der Waals surface area contributed by atoms with Crippen molar-refractivity contribution in [2.24, 2.45) is 10.9 Å². The molecule has 1 atom stereocenters. The number of pyridine rings is 1. The van der Waals surface area contributed by atoms with Crippen molar-refractivity contribution in [1.29, 1.82) is 0 Å². The van der Waals surface area contributed by atoms with Gasteiger partial charge >= 0.3 is 0 Å². The molecule has 0 amide bonds. The van der Waals surface area contributed by atoms with Crippen LogP contribution in [-0.4, -0.2) is 24.0 Å². The third-order valence-electron chi connectivity index (χ3n) is 3.03. The minimum Gasteiger partial charge on any atom is -0.354 e. The lowest BCUT2D eigenvalue weighted by Gasteiger charge is -2.18. The van der Waals surface area contributed by atoms with Gasteiger partial charge in [-0.1, -0.05) is 31.5 Å². The van der Waals surface area contributed by atoms with E-state index in [1.54, 1.807) is 19.3 Å². The Kier molecular flexibility index (Phi) is 7.37. The van der Waals surface area contributed by atoms with E-state index in [4.69, 9.17) is 11.6 Å². The fourth-order valence-corrected chi connectivity index (χ4v) is 1.89. The van der Waals surface area contributed by atoms with Crippen LogP contribution >= 0.6 is 11.6 Å². The third-order valence-corrected chi connectivity index (χ3v) is 3.26. The van der Waals surface area contributed by atoms with E-state index in [1.165, 1.54) is 6.42 Å². The predicted molar refractivity (Wildman–Crippen MR) is 86.1 cm³/mol. The molecule has 20 heavy (non-hydrogen) atoms. The average molecular weight is 297 g/mol. The van der Waals surface area contributed by atoms with Crippen LogP contribution in [0.15, 0.2) is 23.3 Å². The van der Waals surface area contributed by atoms with E-state index in [1.807, 2.05) is 6.07 Å². The van der Waals surface area contributed by atoms with Crippen LogP contribution in [0.4, 0.5) is 0 Å². The number of guanidine groups is 1. The van der Waals surface area contributed by atoms with Gasteiger partial charge in [0, 0.05) is 25.8 Å². The SMILES string of the molecule is CN=C(NCc1ccc(Cl)nc1)NC(C)CCC(C)C. The number of nitrogens with zero attached hydrogens (tertiary/aromatic N) is 2. The van der Waals surface area contributed by atoms with Gasteiger partial charge < -0.3 is 10.6 Å². The molecule has 1 heterocycles. The molecule has 0 saturated heterocycles. The molecule has 0 bridgehead atoms. The summed E-state index contributed by atoms with van der Waals surface area (Å²) in [4.78, 5) is 8.29. The molecule has 0 saturated carbocycles. The standard InChI is InChI=1S/C15H25ClN4/c1-11(2)5-6-12(3)20-15(17-4)19-10-13-7-8-14(16)18-9-13/h7-9,11-12H,5-6,10H2,1-4H3,(H2,17,19,20). The zero-order chi connectivity index (χ0) is 15.0. The smallest absolute Gasteiger partial charge is 0.191 e. The number of hydrogen-bond acceptors (Lipinski definition) is 2. The molecular formula is C15H25ClN4. The summed E-state index contributed by atoms with van der Waals surface area (Å²) in [7, 11) is 1.78. The van der Waals surface area contributed by atoms with E-state index in [0.717, 1.165) is 23.9 Å². The first kappa shape index (κ1) is 16.8. The first-order chi connectivity index (χ1) is 9.51. The average Bonchev–Trinajstić information content (AvgIpc) is 2.43. The van der Waals surface area contributed by atoms with Gasteiger partial charge in [0.15, 0.2) is 5.96 Å². The van der Waals surface area contributed by atoms with Crippen LogP contribution in [0.25, 0.3) is 0 Å². The molecule has 112 valence electrons.